The first-order valence-electron chi connectivity index (χ1n) is 17.2. The number of aromatic nitrogens is 1. The molecule has 1 aliphatic carbocycles. The van der Waals surface area contributed by atoms with E-state index in [1.807, 2.05) is 0 Å². The Morgan fingerprint density at radius 1 is 0.408 bits per heavy atom. The van der Waals surface area contributed by atoms with Crippen LogP contribution in [0.1, 0.15) is 22.6 Å². The summed E-state index contributed by atoms with van der Waals surface area (Å²) in [7, 11) is 0. The van der Waals surface area contributed by atoms with Gasteiger partial charge in [-0.2, -0.15) is 0 Å². The van der Waals surface area contributed by atoms with Gasteiger partial charge in [0.05, 0.1) is 11.0 Å². The van der Waals surface area contributed by atoms with E-state index in [1.54, 1.807) is 0 Å². The molecule has 0 bridgehead atoms. The molecular formula is C48H33N. The van der Waals surface area contributed by atoms with Crippen molar-refractivity contribution < 1.29 is 0 Å². The van der Waals surface area contributed by atoms with Gasteiger partial charge >= 0.3 is 0 Å². The molecular weight excluding hydrogens is 591 g/mol. The van der Waals surface area contributed by atoms with Gasteiger partial charge in [-0.15, -0.1) is 0 Å². The summed E-state index contributed by atoms with van der Waals surface area (Å²) in [5.41, 5.74) is 15.5. The minimum atomic E-state index is 0.311. The lowest BCUT2D eigenvalue weighted by Crippen LogP contribution is -2.12. The molecule has 0 saturated heterocycles. The highest BCUT2D eigenvalue weighted by atomic mass is 15.0. The van der Waals surface area contributed by atoms with E-state index in [1.165, 1.54) is 88.3 Å². The summed E-state index contributed by atoms with van der Waals surface area (Å²) in [6.07, 6.45) is 1.01. The van der Waals surface area contributed by atoms with Gasteiger partial charge in [-0.05, 0) is 104 Å². The van der Waals surface area contributed by atoms with Crippen molar-refractivity contribution >= 4 is 32.6 Å². The van der Waals surface area contributed by atoms with Gasteiger partial charge in [-0.25, -0.2) is 0 Å². The summed E-state index contributed by atoms with van der Waals surface area (Å²) in [4.78, 5) is 0. The summed E-state index contributed by atoms with van der Waals surface area (Å²) in [6.45, 7) is 0. The molecule has 0 amide bonds. The predicted octanol–water partition coefficient (Wildman–Crippen LogP) is 12.6. The zero-order chi connectivity index (χ0) is 32.3. The SMILES string of the molecule is c1ccc(-c2ccc(C3Cc4ccccc4-c4cc(-c5ccc6c(c5)c5ccccc5n6-c5ccc6ccccc6c5)ccc43)cc2)cc1. The van der Waals surface area contributed by atoms with Gasteiger partial charge in [0, 0.05) is 22.4 Å². The van der Waals surface area contributed by atoms with Gasteiger partial charge in [0.2, 0.25) is 0 Å². The Morgan fingerprint density at radius 3 is 1.98 bits per heavy atom. The first kappa shape index (κ1) is 27.9. The second-order valence-electron chi connectivity index (χ2n) is 13.3. The molecule has 1 aliphatic rings. The van der Waals surface area contributed by atoms with Gasteiger partial charge in [0.1, 0.15) is 0 Å². The summed E-state index contributed by atoms with van der Waals surface area (Å²) in [5.74, 6) is 0.311. The maximum atomic E-state index is 2.43. The smallest absolute Gasteiger partial charge is 0.0541 e. The molecule has 1 heteroatoms. The number of nitrogens with zero attached hydrogens (tertiary/aromatic N) is 1. The molecule has 49 heavy (non-hydrogen) atoms. The van der Waals surface area contributed by atoms with E-state index in [2.05, 4.69) is 187 Å². The standard InChI is InChI=1S/C48H33N/c1-2-10-32(11-3-1)34-18-20-35(21-19-34)44-31-39-14-6-7-15-41(39)45-29-37(23-26-42(44)45)38-24-27-48-46(30-38)43-16-8-9-17-47(43)49(48)40-25-22-33-12-4-5-13-36(33)28-40/h1-30,44H,31H2. The molecule has 0 fully saturated rings. The number of rotatable bonds is 4. The monoisotopic (exact) mass is 623 g/mol. The highest BCUT2D eigenvalue weighted by molar-refractivity contribution is 6.10. The molecule has 1 heterocycles. The van der Waals surface area contributed by atoms with E-state index in [-0.39, 0.29) is 0 Å². The zero-order valence-corrected chi connectivity index (χ0v) is 27.1. The van der Waals surface area contributed by atoms with Crippen molar-refractivity contribution in [2.24, 2.45) is 0 Å². The van der Waals surface area contributed by atoms with Crippen LogP contribution in [0.5, 0.6) is 0 Å². The van der Waals surface area contributed by atoms with Crippen molar-refractivity contribution in [3.8, 4) is 39.1 Å². The summed E-state index contributed by atoms with van der Waals surface area (Å²) >= 11 is 0. The lowest BCUT2D eigenvalue weighted by Gasteiger charge is -2.29. The quantitative estimate of drug-likeness (QED) is 0.184. The van der Waals surface area contributed by atoms with E-state index >= 15 is 0 Å². The fourth-order valence-electron chi connectivity index (χ4n) is 8.15. The van der Waals surface area contributed by atoms with Crippen LogP contribution < -0.4 is 0 Å². The van der Waals surface area contributed by atoms with Crippen LogP contribution in [0.4, 0.5) is 0 Å². The number of benzene rings is 8. The van der Waals surface area contributed by atoms with Crippen LogP contribution in [0.3, 0.4) is 0 Å². The van der Waals surface area contributed by atoms with E-state index in [0.29, 0.717) is 5.92 Å². The fraction of sp³-hybridized carbons (Fsp3) is 0.0417. The number of fused-ring (bicyclic) bond motifs is 7. The predicted molar refractivity (Wildman–Crippen MR) is 207 cm³/mol. The zero-order valence-electron chi connectivity index (χ0n) is 27.1. The topological polar surface area (TPSA) is 4.93 Å². The van der Waals surface area contributed by atoms with Gasteiger partial charge in [0.15, 0.2) is 0 Å². The summed E-state index contributed by atoms with van der Waals surface area (Å²) in [5, 5.41) is 5.06. The van der Waals surface area contributed by atoms with Crippen molar-refractivity contribution in [1.82, 2.24) is 4.57 Å². The van der Waals surface area contributed by atoms with Gasteiger partial charge in [-0.1, -0.05) is 146 Å². The molecule has 1 unspecified atom stereocenters. The number of hydrogen-bond donors (Lipinski definition) is 0. The van der Waals surface area contributed by atoms with Crippen LogP contribution in [0.2, 0.25) is 0 Å². The Bertz CT molecular complexity index is 2680. The maximum absolute atomic E-state index is 2.43. The van der Waals surface area contributed by atoms with Crippen LogP contribution in [0, 0.1) is 0 Å². The van der Waals surface area contributed by atoms with Crippen molar-refractivity contribution in [3.05, 3.63) is 199 Å². The normalized spacial score (nSPS) is 13.8. The number of para-hydroxylation sites is 1. The van der Waals surface area contributed by atoms with Gasteiger partial charge in [0.25, 0.3) is 0 Å². The van der Waals surface area contributed by atoms with Crippen LogP contribution in [0.15, 0.2) is 182 Å². The Labute approximate surface area is 286 Å². The third-order valence-electron chi connectivity index (χ3n) is 10.6. The second kappa shape index (κ2) is 11.2. The average Bonchev–Trinajstić information content (AvgIpc) is 3.51. The van der Waals surface area contributed by atoms with Crippen LogP contribution in [0.25, 0.3) is 71.6 Å². The van der Waals surface area contributed by atoms with E-state index in [4.69, 9.17) is 0 Å². The molecule has 1 nitrogen and oxygen atoms in total. The Hall–Kier alpha value is -6.18. The minimum Gasteiger partial charge on any atom is -0.309 e. The van der Waals surface area contributed by atoms with Crippen LogP contribution >= 0.6 is 0 Å². The summed E-state index contributed by atoms with van der Waals surface area (Å²) < 4.78 is 2.41. The molecule has 8 aromatic carbocycles. The van der Waals surface area contributed by atoms with Crippen molar-refractivity contribution in [2.75, 3.05) is 0 Å². The molecule has 1 aromatic heterocycles. The summed E-state index contributed by atoms with van der Waals surface area (Å²) in [6, 6.07) is 67.2. The molecule has 0 spiro atoms. The Morgan fingerprint density at radius 2 is 1.08 bits per heavy atom. The largest absolute Gasteiger partial charge is 0.309 e. The molecule has 0 radical (unpaired) electrons. The van der Waals surface area contributed by atoms with Gasteiger partial charge in [-0.3, -0.25) is 0 Å². The fourth-order valence-corrected chi connectivity index (χ4v) is 8.15. The first-order chi connectivity index (χ1) is 24.3. The Kier molecular flexibility index (Phi) is 6.38. The third-order valence-corrected chi connectivity index (χ3v) is 10.6. The Balaban J connectivity index is 1.09. The highest BCUT2D eigenvalue weighted by Crippen LogP contribution is 2.45. The molecule has 10 rings (SSSR count). The second-order valence-corrected chi connectivity index (χ2v) is 13.3. The molecule has 0 N–H and O–H groups in total. The lowest BCUT2D eigenvalue weighted by molar-refractivity contribution is 0.794. The average molecular weight is 624 g/mol. The molecule has 1 atom stereocenters. The van der Waals surface area contributed by atoms with Crippen LogP contribution in [-0.2, 0) is 6.42 Å². The van der Waals surface area contributed by atoms with E-state index < -0.39 is 0 Å². The molecule has 230 valence electrons. The van der Waals surface area contributed by atoms with Crippen molar-refractivity contribution in [2.45, 2.75) is 12.3 Å². The van der Waals surface area contributed by atoms with Gasteiger partial charge < -0.3 is 4.57 Å². The van der Waals surface area contributed by atoms with E-state index in [9.17, 15) is 0 Å². The number of hydrogen-bond acceptors (Lipinski definition) is 0. The highest BCUT2D eigenvalue weighted by Gasteiger charge is 2.26. The minimum absolute atomic E-state index is 0.311. The van der Waals surface area contributed by atoms with Crippen molar-refractivity contribution in [1.29, 1.82) is 0 Å². The third kappa shape index (κ3) is 4.62. The van der Waals surface area contributed by atoms with Crippen LogP contribution in [-0.4, -0.2) is 4.57 Å². The molecule has 0 aliphatic heterocycles. The first-order valence-corrected chi connectivity index (χ1v) is 17.2. The molecule has 9 aromatic rings. The van der Waals surface area contributed by atoms with E-state index in [0.717, 1.165) is 6.42 Å². The van der Waals surface area contributed by atoms with Crippen molar-refractivity contribution in [3.63, 3.8) is 0 Å². The lowest BCUT2D eigenvalue weighted by atomic mass is 9.75. The maximum Gasteiger partial charge on any atom is 0.0541 e. The molecule has 0 saturated carbocycles.